The molecule has 0 saturated heterocycles. The van der Waals surface area contributed by atoms with Gasteiger partial charge in [0.2, 0.25) is 0 Å². The Morgan fingerprint density at radius 2 is 2.00 bits per heavy atom. The van der Waals surface area contributed by atoms with Crippen LogP contribution >= 0.6 is 0 Å². The van der Waals surface area contributed by atoms with Crippen LogP contribution in [0.3, 0.4) is 0 Å². The molecule has 4 heteroatoms. The van der Waals surface area contributed by atoms with Gasteiger partial charge in [0.25, 0.3) is 0 Å². The van der Waals surface area contributed by atoms with Crippen molar-refractivity contribution in [1.82, 2.24) is 0 Å². The second-order valence-corrected chi connectivity index (χ2v) is 7.03. The maximum absolute atomic E-state index is 5.99. The Hall–Kier alpha value is -1.71. The SMILES string of the molecule is CCOC1=N[C@H]2Nc3ccccc3N(C)[C@H]2[C@H]1C1CCCCC1. The first-order valence-corrected chi connectivity index (χ1v) is 9.08. The van der Waals surface area contributed by atoms with Crippen LogP contribution in [0.15, 0.2) is 29.3 Å². The molecule has 23 heavy (non-hydrogen) atoms. The summed E-state index contributed by atoms with van der Waals surface area (Å²) in [5.74, 6) is 2.12. The van der Waals surface area contributed by atoms with E-state index in [0.717, 1.165) is 5.90 Å². The molecule has 1 aromatic rings. The minimum absolute atomic E-state index is 0.114. The van der Waals surface area contributed by atoms with E-state index < -0.39 is 0 Å². The Kier molecular flexibility index (Phi) is 3.92. The van der Waals surface area contributed by atoms with Gasteiger partial charge >= 0.3 is 0 Å². The number of anilines is 2. The third-order valence-corrected chi connectivity index (χ3v) is 5.73. The Morgan fingerprint density at radius 3 is 2.78 bits per heavy atom. The first-order chi connectivity index (χ1) is 11.3. The lowest BCUT2D eigenvalue weighted by Gasteiger charge is -2.43. The number of aliphatic imine (C=N–C) groups is 1. The number of para-hydroxylation sites is 2. The maximum Gasteiger partial charge on any atom is 0.191 e. The van der Waals surface area contributed by atoms with Gasteiger partial charge in [-0.2, -0.15) is 0 Å². The van der Waals surface area contributed by atoms with Gasteiger partial charge in [0.1, 0.15) is 6.17 Å². The van der Waals surface area contributed by atoms with Gasteiger partial charge in [-0.1, -0.05) is 31.4 Å². The van der Waals surface area contributed by atoms with Crippen molar-refractivity contribution in [2.45, 2.75) is 51.2 Å². The van der Waals surface area contributed by atoms with Gasteiger partial charge in [-0.05, 0) is 37.8 Å². The summed E-state index contributed by atoms with van der Waals surface area (Å²) in [4.78, 5) is 7.38. The Morgan fingerprint density at radius 1 is 1.22 bits per heavy atom. The highest BCUT2D eigenvalue weighted by Gasteiger charge is 2.48. The van der Waals surface area contributed by atoms with Gasteiger partial charge < -0.3 is 15.0 Å². The molecule has 1 N–H and O–H groups in total. The molecule has 2 aliphatic heterocycles. The van der Waals surface area contributed by atoms with Gasteiger partial charge in [-0.3, -0.25) is 0 Å². The molecule has 1 fully saturated rings. The number of nitrogens with zero attached hydrogens (tertiary/aromatic N) is 2. The zero-order valence-corrected chi connectivity index (χ0v) is 14.2. The van der Waals surface area contributed by atoms with Crippen LogP contribution < -0.4 is 10.2 Å². The fourth-order valence-corrected chi connectivity index (χ4v) is 4.69. The number of rotatable bonds is 2. The summed E-state index contributed by atoms with van der Waals surface area (Å²) in [6.45, 7) is 2.77. The largest absolute Gasteiger partial charge is 0.481 e. The molecule has 1 aromatic carbocycles. The minimum atomic E-state index is 0.114. The molecule has 2 heterocycles. The molecule has 3 atom stereocenters. The fraction of sp³-hybridized carbons (Fsp3) is 0.632. The number of nitrogens with one attached hydrogen (secondary N) is 1. The predicted octanol–water partition coefficient (Wildman–Crippen LogP) is 3.89. The Balaban J connectivity index is 1.68. The summed E-state index contributed by atoms with van der Waals surface area (Å²) in [6.07, 6.45) is 6.83. The molecule has 124 valence electrons. The first-order valence-electron chi connectivity index (χ1n) is 9.08. The van der Waals surface area contributed by atoms with E-state index in [4.69, 9.17) is 9.73 Å². The standard InChI is InChI=1S/C19H27N3O/c1-3-23-19-16(13-9-5-4-6-10-13)17-18(21-19)20-14-11-7-8-12-15(14)22(17)2/h7-8,11-13,16-18,20H,3-6,9-10H2,1-2H3/t16-,17+,18-/m1/s1. The topological polar surface area (TPSA) is 36.9 Å². The molecule has 4 rings (SSSR count). The van der Waals surface area contributed by atoms with Crippen molar-refractivity contribution in [3.8, 4) is 0 Å². The number of hydrogen-bond donors (Lipinski definition) is 1. The molecule has 0 unspecified atom stereocenters. The zero-order chi connectivity index (χ0) is 15.8. The molecule has 3 aliphatic rings. The second-order valence-electron chi connectivity index (χ2n) is 7.03. The highest BCUT2D eigenvalue weighted by Crippen LogP contribution is 2.44. The van der Waals surface area contributed by atoms with Crippen LogP contribution in [-0.4, -0.2) is 31.8 Å². The molecule has 0 aromatic heterocycles. The lowest BCUT2D eigenvalue weighted by molar-refractivity contribution is 0.226. The van der Waals surface area contributed by atoms with Crippen LogP contribution in [0.4, 0.5) is 11.4 Å². The summed E-state index contributed by atoms with van der Waals surface area (Å²) in [5.41, 5.74) is 2.46. The normalized spacial score (nSPS) is 30.3. The van der Waals surface area contributed by atoms with E-state index in [9.17, 15) is 0 Å². The second kappa shape index (κ2) is 6.06. The molecule has 0 radical (unpaired) electrons. The minimum Gasteiger partial charge on any atom is -0.481 e. The van der Waals surface area contributed by atoms with Gasteiger partial charge in [-0.15, -0.1) is 0 Å². The van der Waals surface area contributed by atoms with E-state index in [1.165, 1.54) is 43.5 Å². The Bertz CT molecular complexity index is 594. The third kappa shape index (κ3) is 2.48. The molecule has 4 nitrogen and oxygen atoms in total. The Labute approximate surface area is 138 Å². The number of ether oxygens (including phenoxy) is 1. The maximum atomic E-state index is 5.99. The predicted molar refractivity (Wildman–Crippen MR) is 95.2 cm³/mol. The zero-order valence-electron chi connectivity index (χ0n) is 14.2. The molecular formula is C19H27N3O. The monoisotopic (exact) mass is 313 g/mol. The van der Waals surface area contributed by atoms with Crippen LogP contribution in [0, 0.1) is 11.8 Å². The van der Waals surface area contributed by atoms with Crippen LogP contribution in [0.25, 0.3) is 0 Å². The van der Waals surface area contributed by atoms with Crippen LogP contribution in [0.5, 0.6) is 0 Å². The first kappa shape index (κ1) is 14.9. The van der Waals surface area contributed by atoms with Crippen molar-refractivity contribution < 1.29 is 4.74 Å². The van der Waals surface area contributed by atoms with Gasteiger partial charge in [-0.25, -0.2) is 4.99 Å². The number of hydrogen-bond acceptors (Lipinski definition) is 4. The lowest BCUT2D eigenvalue weighted by atomic mass is 9.76. The number of likely N-dealkylation sites (N-methyl/N-ethyl adjacent to an activating group) is 1. The highest BCUT2D eigenvalue weighted by molar-refractivity contribution is 5.86. The van der Waals surface area contributed by atoms with Crippen LogP contribution in [0.1, 0.15) is 39.0 Å². The summed E-state index contributed by atoms with van der Waals surface area (Å²) in [5, 5.41) is 3.64. The van der Waals surface area contributed by atoms with Crippen molar-refractivity contribution in [2.24, 2.45) is 16.8 Å². The van der Waals surface area contributed by atoms with E-state index in [1.807, 2.05) is 0 Å². The molecule has 1 saturated carbocycles. The quantitative estimate of drug-likeness (QED) is 0.900. The van der Waals surface area contributed by atoms with Crippen molar-refractivity contribution in [2.75, 3.05) is 23.9 Å². The van der Waals surface area contributed by atoms with Crippen LogP contribution in [-0.2, 0) is 4.74 Å². The summed E-state index contributed by atoms with van der Waals surface area (Å²) >= 11 is 0. The van der Waals surface area contributed by atoms with E-state index in [1.54, 1.807) is 0 Å². The van der Waals surface area contributed by atoms with Crippen molar-refractivity contribution in [3.05, 3.63) is 24.3 Å². The van der Waals surface area contributed by atoms with E-state index in [2.05, 4.69) is 48.5 Å². The van der Waals surface area contributed by atoms with Gasteiger partial charge in [0.05, 0.1) is 29.9 Å². The van der Waals surface area contributed by atoms with Gasteiger partial charge in [0, 0.05) is 7.05 Å². The summed E-state index contributed by atoms with van der Waals surface area (Å²) < 4.78 is 5.99. The smallest absolute Gasteiger partial charge is 0.191 e. The lowest BCUT2D eigenvalue weighted by Crippen LogP contribution is -2.52. The highest BCUT2D eigenvalue weighted by atomic mass is 16.5. The summed E-state index contributed by atoms with van der Waals surface area (Å²) in [7, 11) is 2.22. The fourth-order valence-electron chi connectivity index (χ4n) is 4.69. The molecule has 0 spiro atoms. The van der Waals surface area contributed by atoms with E-state index in [0.29, 0.717) is 24.5 Å². The molecule has 0 bridgehead atoms. The van der Waals surface area contributed by atoms with E-state index >= 15 is 0 Å². The molecule has 0 amide bonds. The number of fused-ring (bicyclic) bond motifs is 2. The average Bonchev–Trinajstić information content (AvgIpc) is 2.94. The third-order valence-electron chi connectivity index (χ3n) is 5.73. The average molecular weight is 313 g/mol. The van der Waals surface area contributed by atoms with Gasteiger partial charge in [0.15, 0.2) is 5.90 Å². The number of benzene rings is 1. The van der Waals surface area contributed by atoms with E-state index in [-0.39, 0.29) is 6.17 Å². The van der Waals surface area contributed by atoms with Crippen LogP contribution in [0.2, 0.25) is 0 Å². The molecule has 1 aliphatic carbocycles. The molecular weight excluding hydrogens is 286 g/mol. The summed E-state index contributed by atoms with van der Waals surface area (Å²) in [6, 6.07) is 8.92. The van der Waals surface area contributed by atoms with Crippen molar-refractivity contribution in [1.29, 1.82) is 0 Å². The van der Waals surface area contributed by atoms with Crippen molar-refractivity contribution in [3.63, 3.8) is 0 Å². The van der Waals surface area contributed by atoms with Crippen molar-refractivity contribution >= 4 is 17.3 Å².